The summed E-state index contributed by atoms with van der Waals surface area (Å²) in [6.07, 6.45) is 2.50. The van der Waals surface area contributed by atoms with Crippen LogP contribution in [0.2, 0.25) is 0 Å². The number of methoxy groups -OCH3 is 1. The van der Waals surface area contributed by atoms with Crippen molar-refractivity contribution >= 4 is 40.5 Å². The van der Waals surface area contributed by atoms with E-state index in [0.717, 1.165) is 8.70 Å². The maximum absolute atomic E-state index is 12.8. The van der Waals surface area contributed by atoms with Crippen LogP contribution in [0.3, 0.4) is 0 Å². The third-order valence-electron chi connectivity index (χ3n) is 3.97. The number of nitrogens with zero attached hydrogens (tertiary/aromatic N) is 2. The number of amides is 1. The summed E-state index contributed by atoms with van der Waals surface area (Å²) < 4.78 is 5.97. The van der Waals surface area contributed by atoms with Crippen molar-refractivity contribution in [1.29, 1.82) is 0 Å². The van der Waals surface area contributed by atoms with Gasteiger partial charge in [-0.1, -0.05) is 0 Å². The average Bonchev–Trinajstić information content (AvgIpc) is 2.97. The van der Waals surface area contributed by atoms with Crippen molar-refractivity contribution in [2.45, 2.75) is 19.4 Å². The number of hydrogen-bond donors (Lipinski definition) is 1. The fourth-order valence-electron chi connectivity index (χ4n) is 2.67. The quantitative estimate of drug-likeness (QED) is 0.277. The standard InChI is InChI=1S/C15H17N2O5.Tl/c1-3-10-6-11(9-18)16(8-10)15(19)13-7-12(22-2)4-5-14(13)17(20)21;/h3,5,7,11,18H,6,8-9H2,1-2H3;/b10-3+;/t11-;/m0./s1. The Morgan fingerprint density at radius 1 is 1.61 bits per heavy atom. The van der Waals surface area contributed by atoms with Gasteiger partial charge in [0.25, 0.3) is 0 Å². The van der Waals surface area contributed by atoms with Crippen LogP contribution < -0.4 is 7.86 Å². The second-order valence-electron chi connectivity index (χ2n) is 5.29. The molecule has 0 unspecified atom stereocenters. The number of nitro groups is 1. The summed E-state index contributed by atoms with van der Waals surface area (Å²) in [6, 6.07) is 2.51. The molecule has 0 aliphatic carbocycles. The molecule has 0 radical (unpaired) electrons. The number of nitro benzene ring substituents is 1. The molecular formula is C15H17N2O5Tl. The molecule has 120 valence electrons. The van der Waals surface area contributed by atoms with Crippen LogP contribution in [-0.2, 0) is 0 Å². The van der Waals surface area contributed by atoms with E-state index in [4.69, 9.17) is 4.74 Å². The van der Waals surface area contributed by atoms with E-state index in [2.05, 4.69) is 0 Å². The topological polar surface area (TPSA) is 92.9 Å². The Kier molecular flexibility index (Phi) is 5.74. The summed E-state index contributed by atoms with van der Waals surface area (Å²) in [5.74, 6) is 0.0471. The van der Waals surface area contributed by atoms with Gasteiger partial charge < -0.3 is 0 Å². The van der Waals surface area contributed by atoms with Gasteiger partial charge in [0.15, 0.2) is 0 Å². The van der Waals surface area contributed by atoms with Gasteiger partial charge in [0.1, 0.15) is 0 Å². The van der Waals surface area contributed by atoms with E-state index in [1.807, 2.05) is 13.0 Å². The second kappa shape index (κ2) is 7.39. The molecule has 1 atom stereocenters. The zero-order chi connectivity index (χ0) is 17.1. The molecule has 1 aromatic carbocycles. The molecule has 2 rings (SSSR count). The monoisotopic (exact) mass is 510 g/mol. The van der Waals surface area contributed by atoms with Gasteiger partial charge in [-0.25, -0.2) is 0 Å². The van der Waals surface area contributed by atoms with E-state index >= 15 is 0 Å². The van der Waals surface area contributed by atoms with Gasteiger partial charge in [-0.15, -0.1) is 0 Å². The number of rotatable bonds is 4. The summed E-state index contributed by atoms with van der Waals surface area (Å²) in [6.45, 7) is 2.08. The van der Waals surface area contributed by atoms with Gasteiger partial charge >= 0.3 is 150 Å². The first kappa shape index (κ1) is 17.9. The van der Waals surface area contributed by atoms with Crippen molar-refractivity contribution in [2.24, 2.45) is 0 Å². The number of likely N-dealkylation sites (tertiary alicyclic amines) is 1. The SMILES string of the molecule is C/C=C1\C[C@@H](CO)N(C(=O)c2cc(OC)[c]([Tl])cc2[N+](=O)[O-])C1. The van der Waals surface area contributed by atoms with Gasteiger partial charge in [-0.05, 0) is 0 Å². The molecule has 0 saturated carbocycles. The van der Waals surface area contributed by atoms with Gasteiger partial charge in [0.2, 0.25) is 0 Å². The number of ether oxygens (including phenoxy) is 1. The first-order chi connectivity index (χ1) is 10.9. The number of benzene rings is 1. The fraction of sp³-hybridized carbons (Fsp3) is 0.400. The minimum absolute atomic E-state index is 0.00653. The van der Waals surface area contributed by atoms with Gasteiger partial charge in [-0.2, -0.15) is 0 Å². The maximum atomic E-state index is 12.8. The molecule has 23 heavy (non-hydrogen) atoms. The molecule has 1 saturated heterocycles. The van der Waals surface area contributed by atoms with E-state index in [1.165, 1.54) is 24.1 Å². The molecular weight excluding hydrogens is 493 g/mol. The third kappa shape index (κ3) is 3.55. The molecule has 0 spiro atoms. The van der Waals surface area contributed by atoms with Crippen molar-refractivity contribution in [2.75, 3.05) is 20.3 Å². The van der Waals surface area contributed by atoms with Crippen LogP contribution in [0.5, 0.6) is 5.75 Å². The Balaban J connectivity index is 2.47. The summed E-state index contributed by atoms with van der Waals surface area (Å²) in [7, 11) is 1.48. The summed E-state index contributed by atoms with van der Waals surface area (Å²) in [5, 5.41) is 20.8. The normalized spacial score (nSPS) is 19.1. The van der Waals surface area contributed by atoms with Gasteiger partial charge in [0.05, 0.1) is 0 Å². The molecule has 8 heteroatoms. The van der Waals surface area contributed by atoms with Crippen molar-refractivity contribution in [3.8, 4) is 5.75 Å². The first-order valence-corrected chi connectivity index (χ1v) is 9.35. The molecule has 1 amide bonds. The van der Waals surface area contributed by atoms with Crippen LogP contribution in [0.4, 0.5) is 5.69 Å². The molecule has 1 aromatic rings. The Morgan fingerprint density at radius 2 is 2.30 bits per heavy atom. The Labute approximate surface area is 149 Å². The van der Waals surface area contributed by atoms with E-state index in [1.54, 1.807) is 0 Å². The van der Waals surface area contributed by atoms with Gasteiger partial charge in [0, 0.05) is 0 Å². The molecule has 0 aromatic heterocycles. The molecule has 1 aliphatic rings. The van der Waals surface area contributed by atoms with Crippen LogP contribution in [0, 0.1) is 10.1 Å². The fourth-order valence-corrected chi connectivity index (χ4v) is 4.07. The predicted molar refractivity (Wildman–Crippen MR) is 85.3 cm³/mol. The molecule has 7 nitrogen and oxygen atoms in total. The van der Waals surface area contributed by atoms with Crippen molar-refractivity contribution in [3.63, 3.8) is 0 Å². The zero-order valence-corrected chi connectivity index (χ0v) is 17.5. The Morgan fingerprint density at radius 3 is 2.83 bits per heavy atom. The minimum atomic E-state index is -0.543. The number of aliphatic hydroxyl groups excluding tert-OH is 1. The van der Waals surface area contributed by atoms with Crippen molar-refractivity contribution < 1.29 is 19.6 Å². The predicted octanol–water partition coefficient (Wildman–Crippen LogP) is 0.550. The van der Waals surface area contributed by atoms with E-state index in [0.29, 0.717) is 44.5 Å². The zero-order valence-electron chi connectivity index (χ0n) is 13.0. The molecule has 1 heterocycles. The summed E-state index contributed by atoms with van der Waals surface area (Å²) in [4.78, 5) is 25.1. The van der Waals surface area contributed by atoms with Crippen LogP contribution in [0.1, 0.15) is 23.7 Å². The number of carbonyl (C=O) groups is 1. The Hall–Kier alpha value is -1.49. The molecule has 0 bridgehead atoms. The summed E-state index contributed by atoms with van der Waals surface area (Å²) in [5.41, 5.74) is 0.832. The molecule has 1 aliphatic heterocycles. The van der Waals surface area contributed by atoms with Crippen LogP contribution in [0.15, 0.2) is 23.8 Å². The first-order valence-electron chi connectivity index (χ1n) is 7.10. The van der Waals surface area contributed by atoms with E-state index in [9.17, 15) is 20.0 Å². The van der Waals surface area contributed by atoms with Crippen LogP contribution >= 0.6 is 0 Å². The Bertz CT molecular complexity index is 674. The number of hydrogen-bond acceptors (Lipinski definition) is 5. The van der Waals surface area contributed by atoms with Crippen LogP contribution in [-0.4, -0.2) is 72.9 Å². The van der Waals surface area contributed by atoms with E-state index < -0.39 is 10.8 Å². The van der Waals surface area contributed by atoms with Crippen molar-refractivity contribution in [3.05, 3.63) is 39.5 Å². The third-order valence-corrected chi connectivity index (χ3v) is 5.72. The number of carbonyl (C=O) groups excluding carboxylic acids is 1. The molecule has 1 N–H and O–H groups in total. The molecule has 1 fully saturated rings. The van der Waals surface area contributed by atoms with E-state index in [-0.39, 0.29) is 23.9 Å². The van der Waals surface area contributed by atoms with Crippen LogP contribution in [0.25, 0.3) is 0 Å². The van der Waals surface area contributed by atoms with Crippen molar-refractivity contribution in [1.82, 2.24) is 4.90 Å². The average molecular weight is 510 g/mol. The number of aliphatic hydroxyl groups is 1. The summed E-state index contributed by atoms with van der Waals surface area (Å²) >= 11 is 0.351. The second-order valence-corrected chi connectivity index (χ2v) is 7.71. The van der Waals surface area contributed by atoms with Gasteiger partial charge in [-0.3, -0.25) is 0 Å². The number of allylic oxidation sites excluding steroid dienone is 1.